The summed E-state index contributed by atoms with van der Waals surface area (Å²) in [4.78, 5) is 4.29. The maximum atomic E-state index is 12.2. The lowest BCUT2D eigenvalue weighted by Gasteiger charge is -2.03. The molecule has 1 heterocycles. The van der Waals surface area contributed by atoms with Crippen molar-refractivity contribution in [1.29, 1.82) is 0 Å². The average Bonchev–Trinajstić information content (AvgIpc) is 2.83. The largest absolute Gasteiger partial charge is 0.423 e. The van der Waals surface area contributed by atoms with Gasteiger partial charge in [-0.15, -0.1) is 0 Å². The van der Waals surface area contributed by atoms with Gasteiger partial charge in [-0.1, -0.05) is 30.3 Å². The van der Waals surface area contributed by atoms with Crippen LogP contribution in [0.15, 0.2) is 57.8 Å². The summed E-state index contributed by atoms with van der Waals surface area (Å²) in [7, 11) is -3.68. The van der Waals surface area contributed by atoms with Crippen LogP contribution >= 0.6 is 0 Å². The van der Waals surface area contributed by atoms with E-state index in [0.717, 1.165) is 5.56 Å². The highest BCUT2D eigenvalue weighted by Gasteiger charge is 2.17. The Kier molecular flexibility index (Phi) is 2.94. The molecule has 0 unspecified atom stereocenters. The van der Waals surface area contributed by atoms with Crippen molar-refractivity contribution in [2.75, 3.05) is 4.72 Å². The number of hydrogen-bond donors (Lipinski definition) is 1. The number of hydrogen-bond acceptors (Lipinski definition) is 4. The van der Waals surface area contributed by atoms with E-state index < -0.39 is 10.0 Å². The Morgan fingerprint density at radius 2 is 1.80 bits per heavy atom. The molecule has 0 atom stereocenters. The number of anilines is 1. The van der Waals surface area contributed by atoms with Crippen LogP contribution in [0.4, 0.5) is 6.01 Å². The van der Waals surface area contributed by atoms with E-state index in [4.69, 9.17) is 4.42 Å². The Labute approximate surface area is 116 Å². The van der Waals surface area contributed by atoms with Crippen molar-refractivity contribution in [2.45, 2.75) is 11.8 Å². The molecule has 6 heteroatoms. The van der Waals surface area contributed by atoms with Crippen molar-refractivity contribution in [3.63, 3.8) is 0 Å². The molecule has 20 heavy (non-hydrogen) atoms. The van der Waals surface area contributed by atoms with Crippen molar-refractivity contribution in [3.05, 3.63) is 54.1 Å². The zero-order valence-corrected chi connectivity index (χ0v) is 11.5. The second-order valence-electron chi connectivity index (χ2n) is 4.36. The number of nitrogens with one attached hydrogen (secondary N) is 1. The molecule has 102 valence electrons. The summed E-state index contributed by atoms with van der Waals surface area (Å²) in [5, 5.41) is 0. The first-order valence-corrected chi connectivity index (χ1v) is 7.48. The molecule has 0 amide bonds. The van der Waals surface area contributed by atoms with Gasteiger partial charge in [-0.05, 0) is 30.7 Å². The first-order valence-electron chi connectivity index (χ1n) is 6.00. The van der Waals surface area contributed by atoms with Gasteiger partial charge in [-0.2, -0.15) is 4.98 Å². The van der Waals surface area contributed by atoms with E-state index in [9.17, 15) is 8.42 Å². The number of rotatable bonds is 3. The van der Waals surface area contributed by atoms with E-state index in [1.54, 1.807) is 24.3 Å². The zero-order chi connectivity index (χ0) is 14.2. The molecule has 5 nitrogen and oxygen atoms in total. The van der Waals surface area contributed by atoms with E-state index in [0.29, 0.717) is 11.1 Å². The predicted molar refractivity (Wildman–Crippen MR) is 76.0 cm³/mol. The highest BCUT2D eigenvalue weighted by molar-refractivity contribution is 7.92. The van der Waals surface area contributed by atoms with Crippen molar-refractivity contribution in [1.82, 2.24) is 4.98 Å². The highest BCUT2D eigenvalue weighted by atomic mass is 32.2. The molecule has 0 aliphatic rings. The van der Waals surface area contributed by atoms with Gasteiger partial charge < -0.3 is 4.42 Å². The molecule has 0 spiro atoms. The third-order valence-electron chi connectivity index (χ3n) is 2.89. The number of benzene rings is 2. The van der Waals surface area contributed by atoms with Gasteiger partial charge in [0.25, 0.3) is 10.0 Å². The van der Waals surface area contributed by atoms with Gasteiger partial charge >= 0.3 is 6.01 Å². The van der Waals surface area contributed by atoms with Gasteiger partial charge in [0.1, 0.15) is 5.52 Å². The van der Waals surface area contributed by atoms with E-state index in [2.05, 4.69) is 9.71 Å². The quantitative estimate of drug-likeness (QED) is 0.804. The van der Waals surface area contributed by atoms with E-state index in [1.165, 1.54) is 12.1 Å². The van der Waals surface area contributed by atoms with Crippen LogP contribution in [0.25, 0.3) is 11.1 Å². The number of para-hydroxylation sites is 1. The monoisotopic (exact) mass is 288 g/mol. The smallest absolute Gasteiger partial charge is 0.309 e. The second-order valence-corrected chi connectivity index (χ2v) is 6.04. The van der Waals surface area contributed by atoms with Crippen molar-refractivity contribution in [2.24, 2.45) is 0 Å². The minimum absolute atomic E-state index is 0.0295. The minimum atomic E-state index is -3.68. The van der Waals surface area contributed by atoms with Crippen LogP contribution in [0.3, 0.4) is 0 Å². The van der Waals surface area contributed by atoms with Crippen LogP contribution < -0.4 is 4.72 Å². The molecule has 0 radical (unpaired) electrons. The number of aromatic nitrogens is 1. The van der Waals surface area contributed by atoms with Gasteiger partial charge in [0.05, 0.1) is 4.90 Å². The first kappa shape index (κ1) is 12.7. The van der Waals surface area contributed by atoms with Gasteiger partial charge in [-0.25, -0.2) is 13.1 Å². The van der Waals surface area contributed by atoms with Crippen LogP contribution in [-0.2, 0) is 10.0 Å². The number of sulfonamides is 1. The molecule has 0 aliphatic carbocycles. The van der Waals surface area contributed by atoms with Gasteiger partial charge in [-0.3, -0.25) is 0 Å². The third kappa shape index (κ3) is 2.25. The Bertz CT molecular complexity index is 855. The van der Waals surface area contributed by atoms with Gasteiger partial charge in [0.2, 0.25) is 0 Å². The summed E-state index contributed by atoms with van der Waals surface area (Å²) < 4.78 is 32.1. The van der Waals surface area contributed by atoms with Crippen molar-refractivity contribution in [3.8, 4) is 0 Å². The fourth-order valence-corrected chi connectivity index (χ4v) is 2.85. The molecule has 0 fully saturated rings. The summed E-state index contributed by atoms with van der Waals surface area (Å²) in [6, 6.07) is 13.5. The van der Waals surface area contributed by atoms with E-state index >= 15 is 0 Å². The number of nitrogens with zero attached hydrogens (tertiary/aromatic N) is 1. The SMILES string of the molecule is Cc1cccc2nc(NS(=O)(=O)c3ccccc3)oc12. The Balaban J connectivity index is 1.99. The Morgan fingerprint density at radius 1 is 1.05 bits per heavy atom. The molecule has 3 rings (SSSR count). The van der Waals surface area contributed by atoms with Crippen LogP contribution in [0, 0.1) is 6.92 Å². The molecule has 0 saturated carbocycles. The molecule has 0 saturated heterocycles. The topological polar surface area (TPSA) is 72.2 Å². The van der Waals surface area contributed by atoms with Gasteiger partial charge in [0.15, 0.2) is 5.58 Å². The fourth-order valence-electron chi connectivity index (χ4n) is 1.90. The minimum Gasteiger partial charge on any atom is -0.423 e. The molecular weight excluding hydrogens is 276 g/mol. The normalized spacial score (nSPS) is 11.7. The molecule has 3 aromatic rings. The first-order chi connectivity index (χ1) is 9.56. The Hall–Kier alpha value is -2.34. The number of aryl methyl sites for hydroxylation is 1. The summed E-state index contributed by atoms with van der Waals surface area (Å²) in [5.41, 5.74) is 2.11. The van der Waals surface area contributed by atoms with E-state index in [1.807, 2.05) is 19.1 Å². The third-order valence-corrected chi connectivity index (χ3v) is 4.22. The zero-order valence-electron chi connectivity index (χ0n) is 10.7. The standard InChI is InChI=1S/C14H12N2O3S/c1-10-6-5-9-12-13(10)19-14(15-12)16-20(17,18)11-7-3-2-4-8-11/h2-9H,1H3,(H,15,16). The summed E-state index contributed by atoms with van der Waals surface area (Å²) in [6.07, 6.45) is 0. The molecule has 0 bridgehead atoms. The van der Waals surface area contributed by atoms with Crippen LogP contribution in [0.2, 0.25) is 0 Å². The molecule has 0 aliphatic heterocycles. The lowest BCUT2D eigenvalue weighted by atomic mass is 10.2. The fraction of sp³-hybridized carbons (Fsp3) is 0.0714. The van der Waals surface area contributed by atoms with Crippen LogP contribution in [0.5, 0.6) is 0 Å². The second kappa shape index (κ2) is 4.64. The molecular formula is C14H12N2O3S. The van der Waals surface area contributed by atoms with Crippen molar-refractivity contribution >= 4 is 27.1 Å². The van der Waals surface area contributed by atoms with Crippen LogP contribution in [-0.4, -0.2) is 13.4 Å². The summed E-state index contributed by atoms with van der Waals surface area (Å²) in [5.74, 6) is 0. The summed E-state index contributed by atoms with van der Waals surface area (Å²) >= 11 is 0. The molecule has 1 aromatic heterocycles. The lowest BCUT2D eigenvalue weighted by molar-refractivity contribution is 0.590. The highest BCUT2D eigenvalue weighted by Crippen LogP contribution is 2.23. The predicted octanol–water partition coefficient (Wildman–Crippen LogP) is 2.94. The van der Waals surface area contributed by atoms with Crippen molar-refractivity contribution < 1.29 is 12.8 Å². The summed E-state index contributed by atoms with van der Waals surface area (Å²) in [6.45, 7) is 1.88. The molecule has 2 aromatic carbocycles. The lowest BCUT2D eigenvalue weighted by Crippen LogP contribution is -2.12. The average molecular weight is 288 g/mol. The Morgan fingerprint density at radius 3 is 2.50 bits per heavy atom. The number of fused-ring (bicyclic) bond motifs is 1. The van der Waals surface area contributed by atoms with E-state index in [-0.39, 0.29) is 10.9 Å². The van der Waals surface area contributed by atoms with Gasteiger partial charge in [0, 0.05) is 0 Å². The number of oxazole rings is 1. The maximum Gasteiger partial charge on any atom is 0.309 e. The molecule has 1 N–H and O–H groups in total. The maximum absolute atomic E-state index is 12.2. The van der Waals surface area contributed by atoms with Crippen LogP contribution in [0.1, 0.15) is 5.56 Å².